The van der Waals surface area contributed by atoms with E-state index in [-0.39, 0.29) is 36.0 Å². The third kappa shape index (κ3) is 5.89. The van der Waals surface area contributed by atoms with Crippen molar-refractivity contribution < 1.29 is 23.8 Å². The highest BCUT2D eigenvalue weighted by Crippen LogP contribution is 2.31. The van der Waals surface area contributed by atoms with E-state index in [9.17, 15) is 14.3 Å². The fraction of sp³-hybridized carbons (Fsp3) is 0.375. The van der Waals surface area contributed by atoms with Gasteiger partial charge < -0.3 is 24.0 Å². The van der Waals surface area contributed by atoms with Gasteiger partial charge in [0, 0.05) is 43.9 Å². The van der Waals surface area contributed by atoms with Crippen molar-refractivity contribution in [2.75, 3.05) is 31.1 Å². The minimum Gasteiger partial charge on any atom is -0.478 e. The summed E-state index contributed by atoms with van der Waals surface area (Å²) in [4.78, 5) is 29.2. The van der Waals surface area contributed by atoms with Crippen molar-refractivity contribution in [2.45, 2.75) is 51.6 Å². The van der Waals surface area contributed by atoms with E-state index in [1.54, 1.807) is 36.4 Å². The molecule has 4 aromatic rings. The van der Waals surface area contributed by atoms with Crippen LogP contribution in [0.4, 0.5) is 15.9 Å². The number of carboxylic acids is 1. The Hall–Kier alpha value is -4.53. The Balaban J connectivity index is 1.16. The van der Waals surface area contributed by atoms with Crippen molar-refractivity contribution in [3.8, 4) is 5.88 Å². The Kier molecular flexibility index (Phi) is 7.97. The molecule has 0 unspecified atom stereocenters. The van der Waals surface area contributed by atoms with E-state index in [1.165, 1.54) is 6.07 Å². The van der Waals surface area contributed by atoms with Gasteiger partial charge in [0.05, 0.1) is 41.9 Å². The number of imidazole rings is 1. The number of carboxylic acid groups (broad SMARTS) is 1. The molecule has 0 saturated carbocycles. The van der Waals surface area contributed by atoms with E-state index in [0.29, 0.717) is 18.0 Å². The number of ether oxygens (including phenoxy) is 2. The number of anilines is 1. The van der Waals surface area contributed by atoms with Crippen LogP contribution < -0.4 is 9.64 Å². The molecule has 2 aliphatic heterocycles. The van der Waals surface area contributed by atoms with E-state index in [0.717, 1.165) is 55.3 Å². The zero-order chi connectivity index (χ0) is 30.1. The second-order valence-corrected chi connectivity index (χ2v) is 11.1. The molecule has 1 N–H and O–H groups in total. The lowest BCUT2D eigenvalue weighted by Crippen LogP contribution is -2.53. The van der Waals surface area contributed by atoms with Crippen molar-refractivity contribution in [1.29, 1.82) is 0 Å². The van der Waals surface area contributed by atoms with Gasteiger partial charge in [0.2, 0.25) is 5.88 Å². The first-order valence-electron chi connectivity index (χ1n) is 14.4. The van der Waals surface area contributed by atoms with Crippen molar-refractivity contribution in [2.24, 2.45) is 0 Å². The number of fused-ring (bicyclic) bond motifs is 1. The van der Waals surface area contributed by atoms with Gasteiger partial charge in [0.15, 0.2) is 5.69 Å². The number of pyridine rings is 1. The van der Waals surface area contributed by atoms with Gasteiger partial charge in [-0.15, -0.1) is 0 Å². The molecule has 4 heterocycles. The normalized spacial score (nSPS) is 19.5. The van der Waals surface area contributed by atoms with E-state index in [4.69, 9.17) is 26.0 Å². The lowest BCUT2D eigenvalue weighted by atomic mass is 10.1. The van der Waals surface area contributed by atoms with E-state index in [2.05, 4.69) is 33.1 Å². The van der Waals surface area contributed by atoms with Crippen LogP contribution in [0.15, 0.2) is 54.6 Å². The van der Waals surface area contributed by atoms with Gasteiger partial charge >= 0.3 is 5.97 Å². The molecule has 0 radical (unpaired) electrons. The van der Waals surface area contributed by atoms with Crippen LogP contribution in [-0.4, -0.2) is 68.9 Å². The minimum atomic E-state index is -0.959. The van der Waals surface area contributed by atoms with Crippen LogP contribution in [0.25, 0.3) is 15.9 Å². The van der Waals surface area contributed by atoms with Crippen LogP contribution in [0.3, 0.4) is 0 Å². The van der Waals surface area contributed by atoms with Crippen molar-refractivity contribution >= 4 is 28.5 Å². The van der Waals surface area contributed by atoms with Crippen LogP contribution in [0.2, 0.25) is 0 Å². The Morgan fingerprint density at radius 3 is 2.74 bits per heavy atom. The molecule has 10 nitrogen and oxygen atoms in total. The summed E-state index contributed by atoms with van der Waals surface area (Å²) in [5, 5.41) is 9.57. The number of halogens is 1. The van der Waals surface area contributed by atoms with Crippen LogP contribution >= 0.6 is 0 Å². The molecule has 0 amide bonds. The summed E-state index contributed by atoms with van der Waals surface area (Å²) in [6.45, 7) is 15.0. The fourth-order valence-electron chi connectivity index (χ4n) is 5.78. The van der Waals surface area contributed by atoms with Crippen LogP contribution in [0.1, 0.15) is 48.1 Å². The van der Waals surface area contributed by atoms with E-state index >= 15 is 0 Å². The number of benzene rings is 2. The van der Waals surface area contributed by atoms with Crippen molar-refractivity contribution in [3.05, 3.63) is 88.8 Å². The Bertz CT molecular complexity index is 1700. The molecule has 0 spiro atoms. The van der Waals surface area contributed by atoms with Gasteiger partial charge in [-0.1, -0.05) is 18.2 Å². The first kappa shape index (κ1) is 28.6. The van der Waals surface area contributed by atoms with Gasteiger partial charge in [0.1, 0.15) is 24.1 Å². The average molecular weight is 585 g/mol. The zero-order valence-corrected chi connectivity index (χ0v) is 24.1. The van der Waals surface area contributed by atoms with Gasteiger partial charge in [-0.05, 0) is 50.6 Å². The summed E-state index contributed by atoms with van der Waals surface area (Å²) in [5.41, 5.74) is 2.45. The molecule has 0 aliphatic carbocycles. The lowest BCUT2D eigenvalue weighted by Gasteiger charge is -2.43. The number of piperazine rings is 1. The molecule has 3 atom stereocenters. The third-order valence-electron chi connectivity index (χ3n) is 8.33. The van der Waals surface area contributed by atoms with Gasteiger partial charge in [-0.2, -0.15) is 4.98 Å². The van der Waals surface area contributed by atoms with Crippen LogP contribution in [0.5, 0.6) is 5.88 Å². The first-order valence-corrected chi connectivity index (χ1v) is 14.4. The number of carbonyl (C=O) groups is 1. The number of rotatable bonds is 9. The molecule has 0 bridgehead atoms. The number of hydrogen-bond acceptors (Lipinski definition) is 7. The smallest absolute Gasteiger partial charge is 0.335 e. The number of aromatic carboxylic acids is 1. The Morgan fingerprint density at radius 2 is 2.05 bits per heavy atom. The number of aromatic nitrogens is 3. The molecule has 6 rings (SSSR count). The molecular weight excluding hydrogens is 551 g/mol. The molecular formula is C32H33FN6O4. The topological polar surface area (TPSA) is 97.3 Å². The lowest BCUT2D eigenvalue weighted by molar-refractivity contribution is -0.0594. The molecule has 2 aromatic carbocycles. The zero-order valence-electron chi connectivity index (χ0n) is 24.1. The molecule has 222 valence electrons. The number of nitrogens with zero attached hydrogens (tertiary/aromatic N) is 6. The maximum absolute atomic E-state index is 14.3. The van der Waals surface area contributed by atoms with Crippen molar-refractivity contribution in [1.82, 2.24) is 19.4 Å². The summed E-state index contributed by atoms with van der Waals surface area (Å²) in [6, 6.07) is 15.2. The largest absolute Gasteiger partial charge is 0.478 e. The van der Waals surface area contributed by atoms with Crippen LogP contribution in [0, 0.1) is 12.4 Å². The van der Waals surface area contributed by atoms with E-state index in [1.807, 2.05) is 12.1 Å². The third-order valence-corrected chi connectivity index (χ3v) is 8.33. The molecule has 2 fully saturated rings. The predicted octanol–water partition coefficient (Wildman–Crippen LogP) is 5.46. The molecule has 43 heavy (non-hydrogen) atoms. The first-order chi connectivity index (χ1) is 20.8. The molecule has 2 saturated heterocycles. The SMILES string of the molecule is [C-]#[N+]c1ccc(COc2cccc(N3CCN([C@@H](C)c4nc5ccc(C(=O)O)cc5n4C[C@@H]4CCO4)C[C@@H]3C)n2)c(F)c1. The monoisotopic (exact) mass is 584 g/mol. The summed E-state index contributed by atoms with van der Waals surface area (Å²) in [6.07, 6.45) is 1.07. The molecule has 11 heteroatoms. The predicted molar refractivity (Wildman–Crippen MR) is 159 cm³/mol. The Labute approximate surface area is 249 Å². The summed E-state index contributed by atoms with van der Waals surface area (Å²) >= 11 is 0. The Morgan fingerprint density at radius 1 is 1.21 bits per heavy atom. The summed E-state index contributed by atoms with van der Waals surface area (Å²) < 4.78 is 28.0. The maximum atomic E-state index is 14.3. The average Bonchev–Trinajstić information content (AvgIpc) is 3.35. The van der Waals surface area contributed by atoms with Crippen LogP contribution in [-0.2, 0) is 17.9 Å². The van der Waals surface area contributed by atoms with Gasteiger partial charge in [-0.3, -0.25) is 4.90 Å². The van der Waals surface area contributed by atoms with E-state index < -0.39 is 11.8 Å². The van der Waals surface area contributed by atoms with Gasteiger partial charge in [0.25, 0.3) is 0 Å². The van der Waals surface area contributed by atoms with Crippen molar-refractivity contribution in [3.63, 3.8) is 0 Å². The highest BCUT2D eigenvalue weighted by Gasteiger charge is 2.32. The number of hydrogen-bond donors (Lipinski definition) is 1. The maximum Gasteiger partial charge on any atom is 0.335 e. The second-order valence-electron chi connectivity index (χ2n) is 11.1. The minimum absolute atomic E-state index is 0.00267. The highest BCUT2D eigenvalue weighted by molar-refractivity contribution is 5.92. The molecule has 2 aromatic heterocycles. The molecule has 2 aliphatic rings. The highest BCUT2D eigenvalue weighted by atomic mass is 19.1. The van der Waals surface area contributed by atoms with Gasteiger partial charge in [-0.25, -0.2) is 19.0 Å². The standard InChI is InChI=1S/C32H33FN6O4/c1-20-17-37(21(2)31-35-27-10-8-22(32(40)41)15-28(27)39(31)18-25-11-14-42-25)12-13-38(20)29-5-4-6-30(36-29)43-19-23-7-9-24(34-3)16-26(23)33/h4-10,15-16,20-21,25H,11-14,17-19H2,1-2H3,(H,40,41)/t20-,21-,25-/m0/s1. The summed E-state index contributed by atoms with van der Waals surface area (Å²) in [5.74, 6) is 0.663. The summed E-state index contributed by atoms with van der Waals surface area (Å²) in [7, 11) is 0. The quantitative estimate of drug-likeness (QED) is 0.259. The second kappa shape index (κ2) is 12.0. The fourth-order valence-corrected chi connectivity index (χ4v) is 5.78.